The van der Waals surface area contributed by atoms with Gasteiger partial charge in [0.1, 0.15) is 0 Å². The quantitative estimate of drug-likeness (QED) is 0.868. The fourth-order valence-electron chi connectivity index (χ4n) is 3.49. The van der Waals surface area contributed by atoms with Gasteiger partial charge in [-0.2, -0.15) is 0 Å². The molecule has 2 aliphatic carbocycles. The van der Waals surface area contributed by atoms with Gasteiger partial charge in [-0.3, -0.25) is 9.59 Å². The third-order valence-electron chi connectivity index (χ3n) is 4.75. The molecular formula is C17H22N2O2. The molecule has 0 spiro atoms. The molecule has 2 amide bonds. The van der Waals surface area contributed by atoms with Crippen LogP contribution in [-0.4, -0.2) is 23.3 Å². The second-order valence-electron chi connectivity index (χ2n) is 6.39. The fraction of sp³-hybridized carbons (Fsp3) is 0.529. The Morgan fingerprint density at radius 3 is 2.38 bits per heavy atom. The van der Waals surface area contributed by atoms with Crippen LogP contribution < -0.4 is 5.73 Å². The van der Waals surface area contributed by atoms with Crippen molar-refractivity contribution in [3.8, 4) is 0 Å². The predicted molar refractivity (Wildman–Crippen MR) is 80.0 cm³/mol. The van der Waals surface area contributed by atoms with Crippen LogP contribution in [0.1, 0.15) is 31.2 Å². The highest BCUT2D eigenvalue weighted by atomic mass is 16.2. The number of carbonyl (C=O) groups excluding carboxylic acids is 2. The Balaban J connectivity index is 1.65. The largest absolute Gasteiger partial charge is 0.370 e. The first-order valence-corrected chi connectivity index (χ1v) is 7.74. The molecule has 21 heavy (non-hydrogen) atoms. The molecule has 0 saturated heterocycles. The van der Waals surface area contributed by atoms with Crippen molar-refractivity contribution >= 4 is 11.8 Å². The minimum Gasteiger partial charge on any atom is -0.370 e. The number of carbonyl (C=O) groups is 2. The molecule has 0 bridgehead atoms. The number of nitrogens with two attached hydrogens (primary N) is 1. The summed E-state index contributed by atoms with van der Waals surface area (Å²) in [6.45, 7) is 0.994. The van der Waals surface area contributed by atoms with Gasteiger partial charge in [-0.1, -0.05) is 30.3 Å². The summed E-state index contributed by atoms with van der Waals surface area (Å²) in [5, 5.41) is 0. The van der Waals surface area contributed by atoms with Crippen LogP contribution in [0.3, 0.4) is 0 Å². The first-order chi connectivity index (χ1) is 10.1. The fourth-order valence-corrected chi connectivity index (χ4v) is 3.49. The number of hydrogen-bond acceptors (Lipinski definition) is 2. The summed E-state index contributed by atoms with van der Waals surface area (Å²) in [5.74, 6) is 1.58. The van der Waals surface area contributed by atoms with E-state index in [1.165, 1.54) is 6.42 Å². The van der Waals surface area contributed by atoms with Gasteiger partial charge in [0.15, 0.2) is 0 Å². The highest BCUT2D eigenvalue weighted by molar-refractivity contribution is 5.80. The van der Waals surface area contributed by atoms with Gasteiger partial charge in [-0.15, -0.1) is 0 Å². The second-order valence-corrected chi connectivity index (χ2v) is 6.39. The van der Waals surface area contributed by atoms with Crippen LogP contribution in [0.25, 0.3) is 0 Å². The van der Waals surface area contributed by atoms with Crippen molar-refractivity contribution < 1.29 is 9.59 Å². The van der Waals surface area contributed by atoms with Crippen LogP contribution in [0.15, 0.2) is 30.3 Å². The summed E-state index contributed by atoms with van der Waals surface area (Å²) < 4.78 is 0. The van der Waals surface area contributed by atoms with Crippen LogP contribution in [0.2, 0.25) is 0 Å². The Labute approximate surface area is 125 Å². The Morgan fingerprint density at radius 1 is 1.10 bits per heavy atom. The molecule has 0 heterocycles. The lowest BCUT2D eigenvalue weighted by Gasteiger charge is -2.26. The van der Waals surface area contributed by atoms with Crippen LogP contribution in [0.5, 0.6) is 0 Å². The van der Waals surface area contributed by atoms with Crippen LogP contribution in [0.4, 0.5) is 0 Å². The molecule has 1 aromatic rings. The molecule has 112 valence electrons. The Bertz CT molecular complexity index is 519. The molecule has 2 aliphatic rings. The zero-order valence-corrected chi connectivity index (χ0v) is 12.2. The van der Waals surface area contributed by atoms with Gasteiger partial charge in [0.05, 0.1) is 0 Å². The number of hydrogen-bond donors (Lipinski definition) is 1. The number of primary amides is 1. The lowest BCUT2D eigenvalue weighted by Crippen LogP contribution is -2.37. The predicted octanol–water partition coefficient (Wildman–Crippen LogP) is 1.94. The minimum absolute atomic E-state index is 0.158. The Hall–Kier alpha value is -1.84. The van der Waals surface area contributed by atoms with Gasteiger partial charge in [-0.25, -0.2) is 0 Å². The van der Waals surface area contributed by atoms with Gasteiger partial charge in [0.2, 0.25) is 11.8 Å². The van der Waals surface area contributed by atoms with Crippen molar-refractivity contribution in [3.63, 3.8) is 0 Å². The van der Waals surface area contributed by atoms with Gasteiger partial charge >= 0.3 is 0 Å². The molecule has 4 nitrogen and oxygen atoms in total. The van der Waals surface area contributed by atoms with E-state index in [0.29, 0.717) is 13.1 Å². The molecule has 2 N–H and O–H groups in total. The number of nitrogens with zero attached hydrogens (tertiary/aromatic N) is 1. The summed E-state index contributed by atoms with van der Waals surface area (Å²) in [6, 6.07) is 9.92. The maximum Gasteiger partial charge on any atom is 0.226 e. The highest BCUT2D eigenvalue weighted by Gasteiger charge is 2.48. The number of benzene rings is 1. The summed E-state index contributed by atoms with van der Waals surface area (Å²) in [7, 11) is 0. The molecule has 1 aromatic carbocycles. The van der Waals surface area contributed by atoms with Crippen molar-refractivity contribution in [3.05, 3.63) is 35.9 Å². The van der Waals surface area contributed by atoms with Crippen LogP contribution in [0, 0.1) is 17.8 Å². The first kappa shape index (κ1) is 14.1. The van der Waals surface area contributed by atoms with E-state index in [1.54, 1.807) is 0 Å². The maximum atomic E-state index is 12.7. The topological polar surface area (TPSA) is 63.4 Å². The van der Waals surface area contributed by atoms with E-state index in [4.69, 9.17) is 5.73 Å². The second kappa shape index (κ2) is 5.88. The van der Waals surface area contributed by atoms with Gasteiger partial charge in [0.25, 0.3) is 0 Å². The van der Waals surface area contributed by atoms with Crippen LogP contribution in [-0.2, 0) is 16.1 Å². The maximum absolute atomic E-state index is 12.7. The van der Waals surface area contributed by atoms with E-state index in [2.05, 4.69) is 0 Å². The van der Waals surface area contributed by atoms with Crippen molar-refractivity contribution in [2.45, 2.75) is 32.2 Å². The van der Waals surface area contributed by atoms with Gasteiger partial charge in [0, 0.05) is 25.4 Å². The standard InChI is InChI=1S/C17H22N2O2/c18-16(20)6-7-19(11-12-4-2-1-3-5-12)17(21)15-9-13-8-14(13)10-15/h1-5,13-15H,6-11H2,(H2,18,20). The highest BCUT2D eigenvalue weighted by Crippen LogP contribution is 2.54. The molecule has 2 atom stereocenters. The Kier molecular flexibility index (Phi) is 3.95. The molecule has 2 unspecified atom stereocenters. The molecule has 2 fully saturated rings. The minimum atomic E-state index is -0.352. The normalized spacial score (nSPS) is 26.2. The average molecular weight is 286 g/mol. The van der Waals surface area contributed by atoms with E-state index in [0.717, 1.165) is 30.2 Å². The molecule has 4 heteroatoms. The zero-order valence-electron chi connectivity index (χ0n) is 12.2. The first-order valence-electron chi connectivity index (χ1n) is 7.74. The van der Waals surface area contributed by atoms with E-state index >= 15 is 0 Å². The molecule has 0 radical (unpaired) electrons. The summed E-state index contributed by atoms with van der Waals surface area (Å²) in [5.41, 5.74) is 6.34. The van der Waals surface area contributed by atoms with E-state index in [-0.39, 0.29) is 24.2 Å². The summed E-state index contributed by atoms with van der Waals surface area (Å²) >= 11 is 0. The van der Waals surface area contributed by atoms with E-state index < -0.39 is 0 Å². The van der Waals surface area contributed by atoms with Crippen molar-refractivity contribution in [2.24, 2.45) is 23.5 Å². The lowest BCUT2D eigenvalue weighted by molar-refractivity contribution is -0.136. The van der Waals surface area contributed by atoms with Crippen LogP contribution >= 0.6 is 0 Å². The SMILES string of the molecule is NC(=O)CCN(Cc1ccccc1)C(=O)C1CC2CC2C1. The molecule has 2 saturated carbocycles. The van der Waals surface area contributed by atoms with Crippen molar-refractivity contribution in [1.29, 1.82) is 0 Å². The number of amides is 2. The van der Waals surface area contributed by atoms with E-state index in [1.807, 2.05) is 35.2 Å². The average Bonchev–Trinajstić information content (AvgIpc) is 3.10. The molecular weight excluding hydrogens is 264 g/mol. The monoisotopic (exact) mass is 286 g/mol. The smallest absolute Gasteiger partial charge is 0.226 e. The number of fused-ring (bicyclic) bond motifs is 1. The van der Waals surface area contributed by atoms with Gasteiger partial charge in [-0.05, 0) is 36.7 Å². The summed E-state index contributed by atoms with van der Waals surface area (Å²) in [6.07, 6.45) is 3.61. The third-order valence-corrected chi connectivity index (χ3v) is 4.75. The van der Waals surface area contributed by atoms with Gasteiger partial charge < -0.3 is 10.6 Å². The van der Waals surface area contributed by atoms with Crippen molar-refractivity contribution in [2.75, 3.05) is 6.54 Å². The zero-order chi connectivity index (χ0) is 14.8. The lowest BCUT2D eigenvalue weighted by atomic mass is 10.0. The van der Waals surface area contributed by atoms with Crippen molar-refractivity contribution in [1.82, 2.24) is 4.90 Å². The number of rotatable bonds is 6. The molecule has 0 aromatic heterocycles. The molecule has 3 rings (SSSR count). The summed E-state index contributed by atoms with van der Waals surface area (Å²) in [4.78, 5) is 25.6. The third kappa shape index (κ3) is 3.43. The molecule has 0 aliphatic heterocycles. The van der Waals surface area contributed by atoms with E-state index in [9.17, 15) is 9.59 Å². The Morgan fingerprint density at radius 2 is 1.76 bits per heavy atom.